The van der Waals surface area contributed by atoms with Gasteiger partial charge in [0.15, 0.2) is 11.5 Å². The maximum Gasteiger partial charge on any atom is 0.225 e. The molecular formula is C24H31N5O4. The molecule has 3 aromatic rings. The second kappa shape index (κ2) is 10.5. The lowest BCUT2D eigenvalue weighted by molar-refractivity contribution is 0.0649. The predicted molar refractivity (Wildman–Crippen MR) is 128 cm³/mol. The molecule has 0 unspecified atom stereocenters. The SMILES string of the molecule is COc1cc2nc(NCCC3CCOCC3)nc(Nc3cnc(OC)c(C)c3)c2cc1OC. The van der Waals surface area contributed by atoms with Gasteiger partial charge in [-0.1, -0.05) is 0 Å². The zero-order chi connectivity index (χ0) is 23.2. The second-order valence-corrected chi connectivity index (χ2v) is 8.07. The van der Waals surface area contributed by atoms with Crippen LogP contribution in [0.15, 0.2) is 24.4 Å². The number of aryl methyl sites for hydroxylation is 1. The highest BCUT2D eigenvalue weighted by Gasteiger charge is 2.16. The Morgan fingerprint density at radius 1 is 1.00 bits per heavy atom. The Kier molecular flexibility index (Phi) is 7.29. The number of benzene rings is 1. The van der Waals surface area contributed by atoms with Crippen molar-refractivity contribution in [2.45, 2.75) is 26.2 Å². The molecule has 0 amide bonds. The lowest BCUT2D eigenvalue weighted by Gasteiger charge is -2.22. The topological polar surface area (TPSA) is 99.7 Å². The number of nitrogens with one attached hydrogen (secondary N) is 2. The van der Waals surface area contributed by atoms with Gasteiger partial charge in [-0.2, -0.15) is 4.98 Å². The molecule has 0 radical (unpaired) electrons. The Balaban J connectivity index is 1.64. The fourth-order valence-electron chi connectivity index (χ4n) is 4.03. The molecule has 1 saturated heterocycles. The molecule has 1 aromatic carbocycles. The van der Waals surface area contributed by atoms with Crippen LogP contribution in [0.4, 0.5) is 17.5 Å². The van der Waals surface area contributed by atoms with Gasteiger partial charge in [0.05, 0.1) is 38.7 Å². The predicted octanol–water partition coefficient (Wildman–Crippen LogP) is 4.33. The normalized spacial score (nSPS) is 14.2. The second-order valence-electron chi connectivity index (χ2n) is 8.07. The van der Waals surface area contributed by atoms with Gasteiger partial charge in [-0.05, 0) is 44.2 Å². The van der Waals surface area contributed by atoms with E-state index in [1.165, 1.54) is 0 Å². The van der Waals surface area contributed by atoms with Gasteiger partial charge in [0.2, 0.25) is 11.8 Å². The van der Waals surface area contributed by atoms with Crippen molar-refractivity contribution in [3.05, 3.63) is 30.0 Å². The number of fused-ring (bicyclic) bond motifs is 1. The lowest BCUT2D eigenvalue weighted by Crippen LogP contribution is -2.19. The molecule has 3 heterocycles. The van der Waals surface area contributed by atoms with E-state index < -0.39 is 0 Å². The fraction of sp³-hybridized carbons (Fsp3) is 0.458. The summed E-state index contributed by atoms with van der Waals surface area (Å²) in [5.74, 6) is 3.70. The van der Waals surface area contributed by atoms with Crippen LogP contribution in [-0.2, 0) is 4.74 Å². The Morgan fingerprint density at radius 3 is 2.45 bits per heavy atom. The summed E-state index contributed by atoms with van der Waals surface area (Å²) in [6, 6.07) is 5.72. The van der Waals surface area contributed by atoms with Crippen LogP contribution in [0, 0.1) is 12.8 Å². The van der Waals surface area contributed by atoms with Crippen molar-refractivity contribution in [2.75, 3.05) is 51.7 Å². The highest BCUT2D eigenvalue weighted by atomic mass is 16.5. The van der Waals surface area contributed by atoms with Crippen molar-refractivity contribution in [2.24, 2.45) is 5.92 Å². The molecule has 1 aliphatic rings. The van der Waals surface area contributed by atoms with Gasteiger partial charge in [0.1, 0.15) is 5.82 Å². The number of rotatable bonds is 9. The number of pyridine rings is 1. The maximum atomic E-state index is 5.50. The van der Waals surface area contributed by atoms with Gasteiger partial charge < -0.3 is 29.6 Å². The summed E-state index contributed by atoms with van der Waals surface area (Å²) >= 11 is 0. The maximum absolute atomic E-state index is 5.50. The molecule has 0 saturated carbocycles. The van der Waals surface area contributed by atoms with Crippen LogP contribution in [0.25, 0.3) is 10.9 Å². The highest BCUT2D eigenvalue weighted by Crippen LogP contribution is 2.35. The fourth-order valence-corrected chi connectivity index (χ4v) is 4.03. The van der Waals surface area contributed by atoms with E-state index in [1.807, 2.05) is 25.1 Å². The van der Waals surface area contributed by atoms with Crippen molar-refractivity contribution >= 4 is 28.4 Å². The Hall–Kier alpha value is -3.33. The molecule has 0 bridgehead atoms. The first kappa shape index (κ1) is 22.8. The van der Waals surface area contributed by atoms with E-state index in [0.717, 1.165) is 61.2 Å². The van der Waals surface area contributed by atoms with Crippen molar-refractivity contribution < 1.29 is 18.9 Å². The lowest BCUT2D eigenvalue weighted by atomic mass is 9.97. The molecule has 4 rings (SSSR count). The number of anilines is 3. The Morgan fingerprint density at radius 2 is 1.76 bits per heavy atom. The highest BCUT2D eigenvalue weighted by molar-refractivity contribution is 5.94. The first-order valence-corrected chi connectivity index (χ1v) is 11.1. The Bertz CT molecular complexity index is 1100. The molecule has 9 heteroatoms. The molecule has 2 N–H and O–H groups in total. The third kappa shape index (κ3) is 5.36. The van der Waals surface area contributed by atoms with Crippen LogP contribution in [0.2, 0.25) is 0 Å². The largest absolute Gasteiger partial charge is 0.493 e. The Labute approximate surface area is 193 Å². The number of methoxy groups -OCH3 is 3. The van der Waals surface area contributed by atoms with E-state index >= 15 is 0 Å². The van der Waals surface area contributed by atoms with Crippen molar-refractivity contribution in [3.63, 3.8) is 0 Å². The summed E-state index contributed by atoms with van der Waals surface area (Å²) in [6.45, 7) is 4.45. The molecule has 0 aliphatic carbocycles. The van der Waals surface area contributed by atoms with Crippen molar-refractivity contribution in [3.8, 4) is 17.4 Å². The number of hydrogen-bond acceptors (Lipinski definition) is 9. The van der Waals surface area contributed by atoms with Crippen LogP contribution in [0.5, 0.6) is 17.4 Å². The van der Waals surface area contributed by atoms with Crippen LogP contribution in [0.3, 0.4) is 0 Å². The van der Waals surface area contributed by atoms with E-state index in [9.17, 15) is 0 Å². The number of ether oxygens (including phenoxy) is 4. The molecule has 9 nitrogen and oxygen atoms in total. The van der Waals surface area contributed by atoms with Gasteiger partial charge in [-0.25, -0.2) is 9.97 Å². The number of nitrogens with zero attached hydrogens (tertiary/aromatic N) is 3. The van der Waals surface area contributed by atoms with Crippen LogP contribution in [0.1, 0.15) is 24.8 Å². The average molecular weight is 454 g/mol. The molecule has 1 fully saturated rings. The molecule has 33 heavy (non-hydrogen) atoms. The molecule has 2 aromatic heterocycles. The summed E-state index contributed by atoms with van der Waals surface area (Å²) in [7, 11) is 4.84. The average Bonchev–Trinajstić information content (AvgIpc) is 2.84. The molecule has 1 aliphatic heterocycles. The minimum atomic E-state index is 0.558. The number of hydrogen-bond donors (Lipinski definition) is 2. The molecule has 0 spiro atoms. The molecule has 176 valence electrons. The van der Waals surface area contributed by atoms with Gasteiger partial charge in [-0.15, -0.1) is 0 Å². The van der Waals surface area contributed by atoms with Gasteiger partial charge in [-0.3, -0.25) is 0 Å². The summed E-state index contributed by atoms with van der Waals surface area (Å²) in [4.78, 5) is 13.9. The number of aromatic nitrogens is 3. The van der Waals surface area contributed by atoms with Crippen LogP contribution in [-0.4, -0.2) is 56.0 Å². The quantitative estimate of drug-likeness (QED) is 0.490. The zero-order valence-electron chi connectivity index (χ0n) is 19.6. The van der Waals surface area contributed by atoms with Gasteiger partial charge in [0.25, 0.3) is 0 Å². The van der Waals surface area contributed by atoms with Gasteiger partial charge >= 0.3 is 0 Å². The summed E-state index contributed by atoms with van der Waals surface area (Å²) in [6.07, 6.45) is 4.99. The minimum Gasteiger partial charge on any atom is -0.493 e. The summed E-state index contributed by atoms with van der Waals surface area (Å²) in [5.41, 5.74) is 2.48. The van der Waals surface area contributed by atoms with E-state index in [0.29, 0.717) is 35.1 Å². The van der Waals surface area contributed by atoms with E-state index in [1.54, 1.807) is 27.5 Å². The van der Waals surface area contributed by atoms with E-state index in [2.05, 4.69) is 15.6 Å². The molecular weight excluding hydrogens is 422 g/mol. The smallest absolute Gasteiger partial charge is 0.225 e. The summed E-state index contributed by atoms with van der Waals surface area (Å²) in [5, 5.41) is 7.60. The van der Waals surface area contributed by atoms with Crippen LogP contribution >= 0.6 is 0 Å². The van der Waals surface area contributed by atoms with Gasteiger partial charge in [0, 0.05) is 36.8 Å². The third-order valence-electron chi connectivity index (χ3n) is 5.86. The standard InChI is InChI=1S/C24H31N5O4/c1-15-11-17(14-26-23(15)32-4)27-22-18-12-20(30-2)21(31-3)13-19(18)28-24(29-22)25-8-5-16-6-9-33-10-7-16/h11-14,16H,5-10H2,1-4H3,(H2,25,27,28,29). The van der Waals surface area contributed by atoms with E-state index in [4.69, 9.17) is 28.9 Å². The first-order valence-electron chi connectivity index (χ1n) is 11.1. The molecule has 0 atom stereocenters. The van der Waals surface area contributed by atoms with Crippen molar-refractivity contribution in [1.29, 1.82) is 0 Å². The minimum absolute atomic E-state index is 0.558. The first-order chi connectivity index (χ1) is 16.1. The summed E-state index contributed by atoms with van der Waals surface area (Å²) < 4.78 is 21.7. The van der Waals surface area contributed by atoms with Crippen molar-refractivity contribution in [1.82, 2.24) is 15.0 Å². The van der Waals surface area contributed by atoms with E-state index in [-0.39, 0.29) is 0 Å². The zero-order valence-corrected chi connectivity index (χ0v) is 19.6. The monoisotopic (exact) mass is 453 g/mol. The van der Waals surface area contributed by atoms with Crippen LogP contribution < -0.4 is 24.8 Å². The third-order valence-corrected chi connectivity index (χ3v) is 5.86.